The Hall–Kier alpha value is -1.57. The predicted octanol–water partition coefficient (Wildman–Crippen LogP) is 2.53. The second-order valence-electron chi connectivity index (χ2n) is 3.48. The standard InChI is InChI=1S/C13H17NO/c1-3-10-14-13(15)9-8-12-7-5-4-6-11(12)2/h4-9H,3,10H2,1-2H3,(H,14,15). The first kappa shape index (κ1) is 11.5. The van der Waals surface area contributed by atoms with Gasteiger partial charge in [0.15, 0.2) is 0 Å². The maximum Gasteiger partial charge on any atom is 0.243 e. The Morgan fingerprint density at radius 3 is 2.80 bits per heavy atom. The Kier molecular flexibility index (Phi) is 4.61. The van der Waals surface area contributed by atoms with Gasteiger partial charge in [0, 0.05) is 12.6 Å². The van der Waals surface area contributed by atoms with E-state index >= 15 is 0 Å². The van der Waals surface area contributed by atoms with Crippen LogP contribution < -0.4 is 5.32 Å². The number of carbonyl (C=O) groups excluding carboxylic acids is 1. The molecule has 0 unspecified atom stereocenters. The van der Waals surface area contributed by atoms with E-state index < -0.39 is 0 Å². The highest BCUT2D eigenvalue weighted by atomic mass is 16.1. The summed E-state index contributed by atoms with van der Waals surface area (Å²) in [6.45, 7) is 4.80. The Morgan fingerprint density at radius 1 is 1.40 bits per heavy atom. The third-order valence-electron chi connectivity index (χ3n) is 2.15. The van der Waals surface area contributed by atoms with Crippen LogP contribution in [0.2, 0.25) is 0 Å². The molecule has 1 amide bonds. The van der Waals surface area contributed by atoms with Gasteiger partial charge < -0.3 is 5.32 Å². The number of benzene rings is 1. The third kappa shape index (κ3) is 3.98. The summed E-state index contributed by atoms with van der Waals surface area (Å²) in [7, 11) is 0. The molecule has 15 heavy (non-hydrogen) atoms. The molecule has 0 atom stereocenters. The van der Waals surface area contributed by atoms with Gasteiger partial charge in [0.05, 0.1) is 0 Å². The van der Waals surface area contributed by atoms with Crippen LogP contribution in [-0.4, -0.2) is 12.5 Å². The molecule has 0 saturated carbocycles. The molecule has 1 rings (SSSR count). The van der Waals surface area contributed by atoms with Gasteiger partial charge in [-0.3, -0.25) is 4.79 Å². The van der Waals surface area contributed by atoms with Gasteiger partial charge in [-0.25, -0.2) is 0 Å². The van der Waals surface area contributed by atoms with Crippen molar-refractivity contribution in [1.82, 2.24) is 5.32 Å². The summed E-state index contributed by atoms with van der Waals surface area (Å²) in [6, 6.07) is 7.99. The molecule has 2 heteroatoms. The summed E-state index contributed by atoms with van der Waals surface area (Å²) >= 11 is 0. The lowest BCUT2D eigenvalue weighted by molar-refractivity contribution is -0.116. The highest BCUT2D eigenvalue weighted by Gasteiger charge is 1.94. The van der Waals surface area contributed by atoms with Gasteiger partial charge in [0.25, 0.3) is 0 Å². The number of hydrogen-bond donors (Lipinski definition) is 1. The SMILES string of the molecule is CCCNC(=O)C=Cc1ccccc1C. The minimum Gasteiger partial charge on any atom is -0.353 e. The van der Waals surface area contributed by atoms with Crippen molar-refractivity contribution in [3.63, 3.8) is 0 Å². The molecule has 0 bridgehead atoms. The van der Waals surface area contributed by atoms with Crippen molar-refractivity contribution in [2.45, 2.75) is 20.3 Å². The lowest BCUT2D eigenvalue weighted by atomic mass is 10.1. The Morgan fingerprint density at radius 2 is 2.13 bits per heavy atom. The first-order valence-electron chi connectivity index (χ1n) is 5.25. The van der Waals surface area contributed by atoms with Gasteiger partial charge in [-0.1, -0.05) is 31.2 Å². The Balaban J connectivity index is 2.58. The van der Waals surface area contributed by atoms with Gasteiger partial charge in [-0.05, 0) is 30.5 Å². The number of nitrogens with one attached hydrogen (secondary N) is 1. The molecule has 0 spiro atoms. The Labute approximate surface area is 91.0 Å². The highest BCUT2D eigenvalue weighted by molar-refractivity contribution is 5.91. The van der Waals surface area contributed by atoms with Crippen LogP contribution in [0.5, 0.6) is 0 Å². The molecule has 80 valence electrons. The van der Waals surface area contributed by atoms with Gasteiger partial charge in [0.2, 0.25) is 5.91 Å². The molecular formula is C13H17NO. The lowest BCUT2D eigenvalue weighted by Crippen LogP contribution is -2.21. The second kappa shape index (κ2) is 6.02. The van der Waals surface area contributed by atoms with E-state index in [1.165, 1.54) is 5.56 Å². The van der Waals surface area contributed by atoms with E-state index in [-0.39, 0.29) is 5.91 Å². The topological polar surface area (TPSA) is 29.1 Å². The van der Waals surface area contributed by atoms with Gasteiger partial charge in [-0.2, -0.15) is 0 Å². The quantitative estimate of drug-likeness (QED) is 0.748. The van der Waals surface area contributed by atoms with E-state index in [0.717, 1.165) is 18.5 Å². The summed E-state index contributed by atoms with van der Waals surface area (Å²) in [5, 5.41) is 2.80. The Bertz CT molecular complexity index is 355. The minimum absolute atomic E-state index is 0.0277. The van der Waals surface area contributed by atoms with E-state index in [9.17, 15) is 4.79 Å². The van der Waals surface area contributed by atoms with Crippen LogP contribution in [0.1, 0.15) is 24.5 Å². The smallest absolute Gasteiger partial charge is 0.243 e. The molecule has 1 aromatic carbocycles. The molecule has 0 radical (unpaired) electrons. The molecule has 0 aromatic heterocycles. The van der Waals surface area contributed by atoms with Crippen molar-refractivity contribution in [3.05, 3.63) is 41.5 Å². The maximum absolute atomic E-state index is 11.3. The zero-order valence-electron chi connectivity index (χ0n) is 9.29. The van der Waals surface area contributed by atoms with E-state index in [1.54, 1.807) is 6.08 Å². The van der Waals surface area contributed by atoms with Gasteiger partial charge in [-0.15, -0.1) is 0 Å². The second-order valence-corrected chi connectivity index (χ2v) is 3.48. The van der Waals surface area contributed by atoms with Crippen LogP contribution in [0.25, 0.3) is 6.08 Å². The van der Waals surface area contributed by atoms with Crippen molar-refractivity contribution in [3.8, 4) is 0 Å². The van der Waals surface area contributed by atoms with Crippen molar-refractivity contribution in [2.75, 3.05) is 6.54 Å². The van der Waals surface area contributed by atoms with Crippen molar-refractivity contribution >= 4 is 12.0 Å². The predicted molar refractivity (Wildman–Crippen MR) is 63.5 cm³/mol. The first-order chi connectivity index (χ1) is 7.24. The maximum atomic E-state index is 11.3. The first-order valence-corrected chi connectivity index (χ1v) is 5.25. The zero-order valence-corrected chi connectivity index (χ0v) is 9.29. The van der Waals surface area contributed by atoms with Gasteiger partial charge >= 0.3 is 0 Å². The fourth-order valence-electron chi connectivity index (χ4n) is 1.25. The molecule has 1 aromatic rings. The monoisotopic (exact) mass is 203 g/mol. The summed E-state index contributed by atoms with van der Waals surface area (Å²) in [6.07, 6.45) is 4.39. The number of rotatable bonds is 4. The van der Waals surface area contributed by atoms with Crippen LogP contribution in [-0.2, 0) is 4.79 Å². The van der Waals surface area contributed by atoms with Crippen LogP contribution in [0.3, 0.4) is 0 Å². The van der Waals surface area contributed by atoms with Crippen LogP contribution >= 0.6 is 0 Å². The molecule has 0 heterocycles. The highest BCUT2D eigenvalue weighted by Crippen LogP contribution is 2.08. The van der Waals surface area contributed by atoms with E-state index in [2.05, 4.69) is 5.32 Å². The fraction of sp³-hybridized carbons (Fsp3) is 0.308. The molecule has 0 aliphatic heterocycles. The summed E-state index contributed by atoms with van der Waals surface area (Å²) < 4.78 is 0. The molecule has 0 fully saturated rings. The van der Waals surface area contributed by atoms with Crippen LogP contribution in [0.15, 0.2) is 30.3 Å². The number of aryl methyl sites for hydroxylation is 1. The average Bonchev–Trinajstić information content (AvgIpc) is 2.25. The fourth-order valence-corrected chi connectivity index (χ4v) is 1.25. The normalized spacial score (nSPS) is 10.5. The number of hydrogen-bond acceptors (Lipinski definition) is 1. The van der Waals surface area contributed by atoms with Crippen LogP contribution in [0, 0.1) is 6.92 Å². The zero-order chi connectivity index (χ0) is 11.1. The lowest BCUT2D eigenvalue weighted by Gasteiger charge is -1.99. The minimum atomic E-state index is -0.0277. The molecule has 0 aliphatic rings. The van der Waals surface area contributed by atoms with E-state index in [1.807, 2.05) is 44.2 Å². The largest absolute Gasteiger partial charge is 0.353 e. The number of carbonyl (C=O) groups is 1. The summed E-state index contributed by atoms with van der Waals surface area (Å²) in [5.74, 6) is -0.0277. The van der Waals surface area contributed by atoms with Gasteiger partial charge in [0.1, 0.15) is 0 Å². The molecule has 0 saturated heterocycles. The average molecular weight is 203 g/mol. The number of amides is 1. The van der Waals surface area contributed by atoms with Crippen molar-refractivity contribution in [1.29, 1.82) is 0 Å². The summed E-state index contributed by atoms with van der Waals surface area (Å²) in [4.78, 5) is 11.3. The third-order valence-corrected chi connectivity index (χ3v) is 2.15. The van der Waals surface area contributed by atoms with Crippen molar-refractivity contribution < 1.29 is 4.79 Å². The van der Waals surface area contributed by atoms with Crippen LogP contribution in [0.4, 0.5) is 0 Å². The van der Waals surface area contributed by atoms with E-state index in [0.29, 0.717) is 0 Å². The van der Waals surface area contributed by atoms with E-state index in [4.69, 9.17) is 0 Å². The summed E-state index contributed by atoms with van der Waals surface area (Å²) in [5.41, 5.74) is 2.26. The molecular weight excluding hydrogens is 186 g/mol. The van der Waals surface area contributed by atoms with Crippen molar-refractivity contribution in [2.24, 2.45) is 0 Å². The molecule has 0 aliphatic carbocycles. The molecule has 1 N–H and O–H groups in total. The molecule has 2 nitrogen and oxygen atoms in total.